The van der Waals surface area contributed by atoms with Crippen molar-refractivity contribution in [3.8, 4) is 5.75 Å². The van der Waals surface area contributed by atoms with E-state index in [0.29, 0.717) is 12.3 Å². The second-order valence-corrected chi connectivity index (χ2v) is 5.00. The molecule has 1 N–H and O–H groups in total. The van der Waals surface area contributed by atoms with Gasteiger partial charge in [0.2, 0.25) is 0 Å². The van der Waals surface area contributed by atoms with Crippen LogP contribution in [0.3, 0.4) is 0 Å². The summed E-state index contributed by atoms with van der Waals surface area (Å²) in [6.45, 7) is 3.89. The van der Waals surface area contributed by atoms with E-state index in [9.17, 15) is 4.79 Å². The van der Waals surface area contributed by atoms with Gasteiger partial charge in [-0.05, 0) is 37.6 Å². The number of hydrogen-bond donors (Lipinski definition) is 1. The largest absolute Gasteiger partial charge is 0.497 e. The van der Waals surface area contributed by atoms with Gasteiger partial charge in [-0.2, -0.15) is 0 Å². The molecule has 0 saturated carbocycles. The summed E-state index contributed by atoms with van der Waals surface area (Å²) >= 11 is 0. The number of likely N-dealkylation sites (N-methyl/N-ethyl adjacent to an activating group) is 1. The molecule has 1 unspecified atom stereocenters. The molecule has 5 nitrogen and oxygen atoms in total. The fraction of sp³-hybridized carbons (Fsp3) is 0.375. The van der Waals surface area contributed by atoms with Crippen LogP contribution in [0.2, 0.25) is 0 Å². The average molecular weight is 287 g/mol. The fourth-order valence-corrected chi connectivity index (χ4v) is 2.76. The predicted molar refractivity (Wildman–Crippen MR) is 84.2 cm³/mol. The van der Waals surface area contributed by atoms with E-state index in [1.165, 1.54) is 4.90 Å². The van der Waals surface area contributed by atoms with Gasteiger partial charge < -0.3 is 4.74 Å². The normalized spacial score (nSPS) is 22.5. The van der Waals surface area contributed by atoms with Crippen molar-refractivity contribution in [3.63, 3.8) is 0 Å². The molecule has 1 saturated heterocycles. The molecule has 1 atom stereocenters. The van der Waals surface area contributed by atoms with Crippen molar-refractivity contribution in [1.82, 2.24) is 4.90 Å². The zero-order valence-electron chi connectivity index (χ0n) is 12.9. The molecule has 0 bridgehead atoms. The van der Waals surface area contributed by atoms with Crippen LogP contribution in [0.5, 0.6) is 5.75 Å². The quantitative estimate of drug-likeness (QED) is 0.864. The Bertz CT molecular complexity index is 580. The molecular formula is C16H21N3O2. The van der Waals surface area contributed by atoms with E-state index in [1.54, 1.807) is 19.1 Å². The lowest BCUT2D eigenvalue weighted by Gasteiger charge is -2.33. The van der Waals surface area contributed by atoms with Crippen LogP contribution in [0.1, 0.15) is 20.3 Å². The van der Waals surface area contributed by atoms with E-state index >= 15 is 0 Å². The van der Waals surface area contributed by atoms with Gasteiger partial charge in [0.05, 0.1) is 7.11 Å². The van der Waals surface area contributed by atoms with Gasteiger partial charge >= 0.3 is 6.03 Å². The summed E-state index contributed by atoms with van der Waals surface area (Å²) in [7, 11) is 3.25. The summed E-state index contributed by atoms with van der Waals surface area (Å²) in [6, 6.07) is 7.14. The third-order valence-electron chi connectivity index (χ3n) is 3.93. The highest BCUT2D eigenvalue weighted by Gasteiger charge is 2.51. The van der Waals surface area contributed by atoms with E-state index in [2.05, 4.69) is 0 Å². The Morgan fingerprint density at radius 3 is 2.43 bits per heavy atom. The van der Waals surface area contributed by atoms with Gasteiger partial charge in [0.1, 0.15) is 17.1 Å². The first-order chi connectivity index (χ1) is 10.0. The van der Waals surface area contributed by atoms with Crippen LogP contribution in [0.15, 0.2) is 36.4 Å². The number of carbonyl (C=O) groups is 1. The average Bonchev–Trinajstić information content (AvgIpc) is 2.70. The lowest BCUT2D eigenvalue weighted by atomic mass is 9.92. The maximum atomic E-state index is 12.6. The number of rotatable bonds is 4. The smallest absolute Gasteiger partial charge is 0.330 e. The Balaban J connectivity index is 2.55. The summed E-state index contributed by atoms with van der Waals surface area (Å²) in [4.78, 5) is 15.6. The Kier molecular flexibility index (Phi) is 4.02. The highest BCUT2D eigenvalue weighted by molar-refractivity contribution is 6.18. The van der Waals surface area contributed by atoms with Crippen LogP contribution in [0.4, 0.5) is 10.5 Å². The minimum absolute atomic E-state index is 0.190. The number of nitrogens with one attached hydrogen (secondary N) is 1. The first-order valence-corrected chi connectivity index (χ1v) is 6.96. The number of methoxy groups -OCH3 is 1. The summed E-state index contributed by atoms with van der Waals surface area (Å²) in [5.41, 5.74) is 0.0321. The lowest BCUT2D eigenvalue weighted by molar-refractivity contribution is 0.236. The number of urea groups is 1. The lowest BCUT2D eigenvalue weighted by Crippen LogP contribution is -2.47. The van der Waals surface area contributed by atoms with Gasteiger partial charge in [0, 0.05) is 12.7 Å². The van der Waals surface area contributed by atoms with Gasteiger partial charge in [0.25, 0.3) is 0 Å². The van der Waals surface area contributed by atoms with E-state index in [0.717, 1.165) is 11.4 Å². The van der Waals surface area contributed by atoms with Gasteiger partial charge in [-0.15, -0.1) is 0 Å². The molecule has 112 valence electrons. The second-order valence-electron chi connectivity index (χ2n) is 5.00. The first-order valence-electron chi connectivity index (χ1n) is 6.96. The zero-order chi connectivity index (χ0) is 15.6. The van der Waals surface area contributed by atoms with Crippen LogP contribution in [-0.2, 0) is 0 Å². The Morgan fingerprint density at radius 1 is 1.33 bits per heavy atom. The monoisotopic (exact) mass is 287 g/mol. The molecule has 1 aliphatic rings. The summed E-state index contributed by atoms with van der Waals surface area (Å²) in [6.07, 6.45) is 4.44. The number of amides is 2. The molecule has 5 heteroatoms. The molecule has 0 spiro atoms. The third-order valence-corrected chi connectivity index (χ3v) is 3.93. The third kappa shape index (κ3) is 2.18. The molecule has 0 radical (unpaired) electrons. The van der Waals surface area contributed by atoms with Crippen molar-refractivity contribution >= 4 is 17.6 Å². The molecule has 2 amide bonds. The van der Waals surface area contributed by atoms with Crippen molar-refractivity contribution in [2.75, 3.05) is 19.1 Å². The standard InChI is InChI=1S/C16H21N3O2/c1-5-11-16(6-2)14(17)18(3)15(20)19(16)12-7-9-13(21-4)10-8-12/h5,7-11,17H,6H2,1-4H3/b11-5+,17-14?. The van der Waals surface area contributed by atoms with Crippen molar-refractivity contribution in [3.05, 3.63) is 36.4 Å². The van der Waals surface area contributed by atoms with Gasteiger partial charge in [0.15, 0.2) is 0 Å². The molecule has 1 fully saturated rings. The van der Waals surface area contributed by atoms with Gasteiger partial charge in [-0.1, -0.05) is 19.1 Å². The Morgan fingerprint density at radius 2 is 1.95 bits per heavy atom. The molecular weight excluding hydrogens is 266 g/mol. The number of amidine groups is 1. The van der Waals surface area contributed by atoms with Crippen molar-refractivity contribution in [1.29, 1.82) is 5.41 Å². The predicted octanol–water partition coefficient (Wildman–Crippen LogP) is 3.27. The van der Waals surface area contributed by atoms with Gasteiger partial charge in [-0.25, -0.2) is 4.79 Å². The number of anilines is 1. The van der Waals surface area contributed by atoms with Crippen LogP contribution in [0, 0.1) is 5.41 Å². The van der Waals surface area contributed by atoms with Gasteiger partial charge in [-0.3, -0.25) is 15.2 Å². The van der Waals surface area contributed by atoms with Crippen molar-refractivity contribution in [2.45, 2.75) is 25.8 Å². The summed E-state index contributed by atoms with van der Waals surface area (Å²) in [5, 5.41) is 8.34. The van der Waals surface area contributed by atoms with E-state index in [4.69, 9.17) is 10.1 Å². The molecule has 1 aliphatic heterocycles. The van der Waals surface area contributed by atoms with Crippen molar-refractivity contribution in [2.24, 2.45) is 0 Å². The van der Waals surface area contributed by atoms with Crippen LogP contribution < -0.4 is 9.64 Å². The Hall–Kier alpha value is -2.30. The number of carbonyl (C=O) groups excluding carboxylic acids is 1. The van der Waals surface area contributed by atoms with E-state index < -0.39 is 5.54 Å². The number of benzene rings is 1. The summed E-state index contributed by atoms with van der Waals surface area (Å²) < 4.78 is 5.16. The highest BCUT2D eigenvalue weighted by atomic mass is 16.5. The fourth-order valence-electron chi connectivity index (χ4n) is 2.76. The van der Waals surface area contributed by atoms with Crippen LogP contribution >= 0.6 is 0 Å². The zero-order valence-corrected chi connectivity index (χ0v) is 12.9. The topological polar surface area (TPSA) is 56.6 Å². The molecule has 2 rings (SSSR count). The van der Waals surface area contributed by atoms with Crippen LogP contribution in [0.25, 0.3) is 0 Å². The second kappa shape index (κ2) is 5.60. The number of nitrogens with zero attached hydrogens (tertiary/aromatic N) is 2. The summed E-state index contributed by atoms with van der Waals surface area (Å²) in [5.74, 6) is 1.03. The highest BCUT2D eigenvalue weighted by Crippen LogP contribution is 2.37. The number of allylic oxidation sites excluding steroid dienone is 1. The maximum absolute atomic E-state index is 12.6. The Labute approximate surface area is 125 Å². The molecule has 0 aliphatic carbocycles. The molecule has 0 aromatic heterocycles. The SMILES string of the molecule is C/C=C/C1(CC)C(=N)N(C)C(=O)N1c1ccc(OC)cc1. The molecule has 1 aromatic rings. The maximum Gasteiger partial charge on any atom is 0.330 e. The van der Waals surface area contributed by atoms with Crippen LogP contribution in [-0.4, -0.2) is 36.5 Å². The molecule has 21 heavy (non-hydrogen) atoms. The van der Waals surface area contributed by atoms with E-state index in [-0.39, 0.29) is 6.03 Å². The minimum Gasteiger partial charge on any atom is -0.497 e. The minimum atomic E-state index is -0.727. The molecule has 1 aromatic carbocycles. The first kappa shape index (κ1) is 15.1. The van der Waals surface area contributed by atoms with Crippen molar-refractivity contribution < 1.29 is 9.53 Å². The van der Waals surface area contributed by atoms with E-state index in [1.807, 2.05) is 50.3 Å². The number of hydrogen-bond acceptors (Lipinski definition) is 3. The molecule has 1 heterocycles. The number of ether oxygens (including phenoxy) is 1.